The Bertz CT molecular complexity index is 398. The van der Waals surface area contributed by atoms with Crippen molar-refractivity contribution < 1.29 is 18.7 Å². The first-order chi connectivity index (χ1) is 6.99. The molecule has 0 fully saturated rings. The van der Waals surface area contributed by atoms with E-state index in [4.69, 9.17) is 28.3 Å². The van der Waals surface area contributed by atoms with Crippen molar-refractivity contribution in [1.29, 1.82) is 0 Å². The molecule has 1 aromatic rings. The number of carboxylic acid groups (broad SMARTS) is 1. The monoisotopic (exact) mass is 255 g/mol. The van der Waals surface area contributed by atoms with Gasteiger partial charge < -0.3 is 5.11 Å². The maximum Gasteiger partial charge on any atom is 0.337 e. The van der Waals surface area contributed by atoms with Gasteiger partial charge in [0.2, 0.25) is 0 Å². The van der Waals surface area contributed by atoms with Gasteiger partial charge in [0, 0.05) is 11.8 Å². The van der Waals surface area contributed by atoms with Crippen LogP contribution in [0.15, 0.2) is 6.20 Å². The maximum atomic E-state index is 12.4. The molecule has 1 N–H and O–H groups in total. The first kappa shape index (κ1) is 12.1. The zero-order chi connectivity index (χ0) is 11.6. The molecule has 0 saturated carbocycles. The molecule has 0 atom stereocenters. The van der Waals surface area contributed by atoms with E-state index in [1.807, 2.05) is 0 Å². The number of alkyl halides is 3. The SMILES string of the molecule is O=C(O)c1c(Cl)cnc(C(F)F)c1CCl. The number of rotatable bonds is 3. The Balaban J connectivity index is 3.47. The molecule has 3 nitrogen and oxygen atoms in total. The predicted molar refractivity (Wildman–Crippen MR) is 50.7 cm³/mol. The third-order valence-corrected chi connectivity index (χ3v) is 2.27. The van der Waals surface area contributed by atoms with Crippen molar-refractivity contribution in [2.75, 3.05) is 0 Å². The van der Waals surface area contributed by atoms with Gasteiger partial charge in [-0.3, -0.25) is 4.98 Å². The molecular weight excluding hydrogens is 251 g/mol. The minimum Gasteiger partial charge on any atom is -0.478 e. The molecule has 1 aromatic heterocycles. The van der Waals surface area contributed by atoms with Crippen LogP contribution in [0.4, 0.5) is 8.78 Å². The number of nitrogens with zero attached hydrogens (tertiary/aromatic N) is 1. The van der Waals surface area contributed by atoms with E-state index in [2.05, 4.69) is 4.98 Å². The Morgan fingerprint density at radius 1 is 1.60 bits per heavy atom. The van der Waals surface area contributed by atoms with E-state index < -0.39 is 23.7 Å². The van der Waals surface area contributed by atoms with Crippen LogP contribution in [0.1, 0.15) is 28.0 Å². The van der Waals surface area contributed by atoms with Gasteiger partial charge in [-0.1, -0.05) is 11.6 Å². The zero-order valence-electron chi connectivity index (χ0n) is 7.18. The predicted octanol–water partition coefficient (Wildman–Crippen LogP) is 3.11. The number of carbonyl (C=O) groups is 1. The van der Waals surface area contributed by atoms with Gasteiger partial charge in [-0.25, -0.2) is 13.6 Å². The van der Waals surface area contributed by atoms with E-state index in [-0.39, 0.29) is 16.5 Å². The first-order valence-corrected chi connectivity index (χ1v) is 4.65. The van der Waals surface area contributed by atoms with Crippen molar-refractivity contribution in [1.82, 2.24) is 4.98 Å². The van der Waals surface area contributed by atoms with Gasteiger partial charge in [0.05, 0.1) is 16.5 Å². The quantitative estimate of drug-likeness (QED) is 0.845. The molecule has 0 amide bonds. The lowest BCUT2D eigenvalue weighted by molar-refractivity contribution is 0.0695. The Labute approximate surface area is 93.6 Å². The lowest BCUT2D eigenvalue weighted by Crippen LogP contribution is -2.08. The van der Waals surface area contributed by atoms with Crippen LogP contribution in [-0.4, -0.2) is 16.1 Å². The summed E-state index contributed by atoms with van der Waals surface area (Å²) in [7, 11) is 0. The summed E-state index contributed by atoms with van der Waals surface area (Å²) in [6, 6.07) is 0. The number of hydrogen-bond donors (Lipinski definition) is 1. The van der Waals surface area contributed by atoms with E-state index in [1.54, 1.807) is 0 Å². The summed E-state index contributed by atoms with van der Waals surface area (Å²) in [6.45, 7) is 0. The Morgan fingerprint density at radius 2 is 2.20 bits per heavy atom. The van der Waals surface area contributed by atoms with Crippen LogP contribution in [0.25, 0.3) is 0 Å². The minimum atomic E-state index is -2.88. The molecule has 0 bridgehead atoms. The number of aromatic nitrogens is 1. The maximum absolute atomic E-state index is 12.4. The number of pyridine rings is 1. The van der Waals surface area contributed by atoms with E-state index >= 15 is 0 Å². The van der Waals surface area contributed by atoms with Crippen LogP contribution in [-0.2, 0) is 5.88 Å². The van der Waals surface area contributed by atoms with Crippen LogP contribution < -0.4 is 0 Å². The van der Waals surface area contributed by atoms with E-state index in [1.165, 1.54) is 0 Å². The largest absolute Gasteiger partial charge is 0.478 e. The smallest absolute Gasteiger partial charge is 0.337 e. The third-order valence-electron chi connectivity index (χ3n) is 1.72. The second-order valence-corrected chi connectivity index (χ2v) is 3.26. The van der Waals surface area contributed by atoms with E-state index in [9.17, 15) is 13.6 Å². The highest BCUT2D eigenvalue weighted by Gasteiger charge is 2.23. The zero-order valence-corrected chi connectivity index (χ0v) is 8.69. The van der Waals surface area contributed by atoms with Crippen molar-refractivity contribution in [3.8, 4) is 0 Å². The van der Waals surface area contributed by atoms with Gasteiger partial charge in [0.1, 0.15) is 5.69 Å². The Hall–Kier alpha value is -0.940. The summed E-state index contributed by atoms with van der Waals surface area (Å²) in [4.78, 5) is 14.1. The van der Waals surface area contributed by atoms with Gasteiger partial charge >= 0.3 is 5.97 Å². The highest BCUT2D eigenvalue weighted by Crippen LogP contribution is 2.29. The molecule has 15 heavy (non-hydrogen) atoms. The van der Waals surface area contributed by atoms with Crippen molar-refractivity contribution in [2.24, 2.45) is 0 Å². The van der Waals surface area contributed by atoms with E-state index in [0.29, 0.717) is 0 Å². The van der Waals surface area contributed by atoms with Crippen LogP contribution >= 0.6 is 23.2 Å². The van der Waals surface area contributed by atoms with Crippen LogP contribution in [0.5, 0.6) is 0 Å². The lowest BCUT2D eigenvalue weighted by Gasteiger charge is -2.09. The molecule has 0 aliphatic carbocycles. The fourth-order valence-corrected chi connectivity index (χ4v) is 1.61. The number of carboxylic acids is 1. The minimum absolute atomic E-state index is 0.206. The topological polar surface area (TPSA) is 50.2 Å². The summed E-state index contributed by atoms with van der Waals surface area (Å²) < 4.78 is 24.9. The second-order valence-electron chi connectivity index (χ2n) is 2.58. The number of aromatic carboxylic acids is 1. The fourth-order valence-electron chi connectivity index (χ4n) is 1.10. The van der Waals surface area contributed by atoms with Gasteiger partial charge in [-0.05, 0) is 0 Å². The average molecular weight is 256 g/mol. The molecule has 0 aliphatic heterocycles. The van der Waals surface area contributed by atoms with Crippen molar-refractivity contribution in [3.05, 3.63) is 28.0 Å². The number of hydrogen-bond acceptors (Lipinski definition) is 2. The Kier molecular flexibility index (Phi) is 3.82. The summed E-state index contributed by atoms with van der Waals surface area (Å²) in [6.07, 6.45) is -2.00. The molecule has 0 unspecified atom stereocenters. The molecule has 1 heterocycles. The highest BCUT2D eigenvalue weighted by molar-refractivity contribution is 6.33. The number of halogens is 4. The molecular formula is C8H5Cl2F2NO2. The fraction of sp³-hybridized carbons (Fsp3) is 0.250. The van der Waals surface area contributed by atoms with E-state index in [0.717, 1.165) is 6.20 Å². The van der Waals surface area contributed by atoms with Crippen LogP contribution in [0.2, 0.25) is 5.02 Å². The van der Waals surface area contributed by atoms with Gasteiger partial charge in [-0.2, -0.15) is 0 Å². The van der Waals surface area contributed by atoms with Crippen molar-refractivity contribution >= 4 is 29.2 Å². The highest BCUT2D eigenvalue weighted by atomic mass is 35.5. The molecule has 0 radical (unpaired) electrons. The van der Waals surface area contributed by atoms with Crippen LogP contribution in [0.3, 0.4) is 0 Å². The first-order valence-electron chi connectivity index (χ1n) is 3.73. The van der Waals surface area contributed by atoms with Crippen molar-refractivity contribution in [3.63, 3.8) is 0 Å². The van der Waals surface area contributed by atoms with Gasteiger partial charge in [0.15, 0.2) is 0 Å². The lowest BCUT2D eigenvalue weighted by atomic mass is 10.1. The average Bonchev–Trinajstić information content (AvgIpc) is 2.15. The standard InChI is InChI=1S/C8H5Cl2F2NO2/c9-1-3-5(8(14)15)4(10)2-13-6(3)7(11)12/h2,7H,1H2,(H,14,15). The second kappa shape index (κ2) is 4.72. The molecule has 0 aromatic carbocycles. The Morgan fingerprint density at radius 3 is 2.60 bits per heavy atom. The summed E-state index contributed by atoms with van der Waals surface area (Å²) in [5.41, 5.74) is -1.31. The summed E-state index contributed by atoms with van der Waals surface area (Å²) >= 11 is 10.9. The molecule has 0 aliphatic rings. The summed E-state index contributed by atoms with van der Waals surface area (Å²) in [5, 5.41) is 8.56. The molecule has 0 spiro atoms. The molecule has 1 rings (SSSR count). The molecule has 82 valence electrons. The van der Waals surface area contributed by atoms with Crippen molar-refractivity contribution in [2.45, 2.75) is 12.3 Å². The molecule has 7 heteroatoms. The third kappa shape index (κ3) is 2.35. The van der Waals surface area contributed by atoms with Gasteiger partial charge in [-0.15, -0.1) is 11.6 Å². The molecule has 0 saturated heterocycles. The van der Waals surface area contributed by atoms with Crippen LogP contribution in [0, 0.1) is 0 Å². The summed E-state index contributed by atoms with van der Waals surface area (Å²) in [5.74, 6) is -1.78. The van der Waals surface area contributed by atoms with Gasteiger partial charge in [0.25, 0.3) is 6.43 Å². The normalized spacial score (nSPS) is 10.7.